The first-order chi connectivity index (χ1) is 6.49. The highest BCUT2D eigenvalue weighted by atomic mass is 16.1. The van der Waals surface area contributed by atoms with Gasteiger partial charge >= 0.3 is 0 Å². The summed E-state index contributed by atoms with van der Waals surface area (Å²) in [6.45, 7) is 10.1. The van der Waals surface area contributed by atoms with Crippen LogP contribution in [0.1, 0.15) is 40.0 Å². The molecule has 1 atom stereocenters. The van der Waals surface area contributed by atoms with E-state index in [1.165, 1.54) is 5.57 Å². The van der Waals surface area contributed by atoms with E-state index in [0.717, 1.165) is 12.8 Å². The largest absolute Gasteiger partial charge is 0.299 e. The number of rotatable bonds is 3. The lowest BCUT2D eigenvalue weighted by molar-refractivity contribution is -0.124. The maximum absolute atomic E-state index is 11.9. The van der Waals surface area contributed by atoms with Crippen molar-refractivity contribution in [3.05, 3.63) is 24.3 Å². The number of allylic oxidation sites excluding steroid dienone is 3. The maximum Gasteiger partial charge on any atom is 0.144 e. The summed E-state index contributed by atoms with van der Waals surface area (Å²) in [4.78, 5) is 11.9. The third kappa shape index (κ3) is 2.14. The molecule has 1 rings (SSSR count). The third-order valence-corrected chi connectivity index (χ3v) is 3.16. The number of carbonyl (C=O) groups excluding carboxylic acids is 1. The maximum atomic E-state index is 11.9. The van der Waals surface area contributed by atoms with Gasteiger partial charge in [-0.05, 0) is 25.2 Å². The van der Waals surface area contributed by atoms with Crippen LogP contribution in [0.2, 0.25) is 0 Å². The van der Waals surface area contributed by atoms with Crippen LogP contribution >= 0.6 is 0 Å². The summed E-state index contributed by atoms with van der Waals surface area (Å²) >= 11 is 0. The second-order valence-electron chi connectivity index (χ2n) is 4.87. The van der Waals surface area contributed by atoms with Gasteiger partial charge in [0.1, 0.15) is 5.78 Å². The van der Waals surface area contributed by atoms with Crippen molar-refractivity contribution in [3.63, 3.8) is 0 Å². The number of hydrogen-bond acceptors (Lipinski definition) is 1. The predicted molar refractivity (Wildman–Crippen MR) is 60.1 cm³/mol. The minimum absolute atomic E-state index is 0.106. The van der Waals surface area contributed by atoms with E-state index in [9.17, 15) is 4.79 Å². The zero-order valence-corrected chi connectivity index (χ0v) is 9.47. The fraction of sp³-hybridized carbons (Fsp3) is 0.615. The molecule has 0 bridgehead atoms. The molecular formula is C13H20O. The van der Waals surface area contributed by atoms with E-state index in [-0.39, 0.29) is 11.3 Å². The number of carbonyl (C=O) groups is 1. The Balaban J connectivity index is 2.91. The van der Waals surface area contributed by atoms with Crippen molar-refractivity contribution >= 4 is 5.78 Å². The molecule has 0 N–H and O–H groups in total. The van der Waals surface area contributed by atoms with E-state index in [2.05, 4.69) is 33.4 Å². The van der Waals surface area contributed by atoms with E-state index < -0.39 is 0 Å². The highest BCUT2D eigenvalue weighted by Crippen LogP contribution is 2.41. The number of Topliss-reactive ketones (excluding diaryl/α,β-unsaturated/α-hetero) is 1. The second-order valence-corrected chi connectivity index (χ2v) is 4.87. The fourth-order valence-corrected chi connectivity index (χ4v) is 2.50. The summed E-state index contributed by atoms with van der Waals surface area (Å²) in [5.41, 5.74) is 1.37. The average molecular weight is 192 g/mol. The molecule has 0 aromatic rings. The van der Waals surface area contributed by atoms with Crippen molar-refractivity contribution < 1.29 is 4.79 Å². The molecule has 1 nitrogen and oxygen atoms in total. The average Bonchev–Trinajstić information content (AvgIpc) is 2.02. The number of ketones is 1. The topological polar surface area (TPSA) is 17.1 Å². The van der Waals surface area contributed by atoms with Crippen LogP contribution in [0.3, 0.4) is 0 Å². The molecule has 0 saturated heterocycles. The molecule has 0 fully saturated rings. The second kappa shape index (κ2) is 4.12. The van der Waals surface area contributed by atoms with Gasteiger partial charge in [-0.1, -0.05) is 31.6 Å². The van der Waals surface area contributed by atoms with Crippen molar-refractivity contribution in [2.45, 2.75) is 40.0 Å². The summed E-state index contributed by atoms with van der Waals surface area (Å²) < 4.78 is 0. The molecule has 1 aliphatic rings. The molecule has 14 heavy (non-hydrogen) atoms. The minimum atomic E-state index is 0.106. The monoisotopic (exact) mass is 192 g/mol. The first-order valence-electron chi connectivity index (χ1n) is 5.29. The summed E-state index contributed by atoms with van der Waals surface area (Å²) in [5, 5.41) is 0. The van der Waals surface area contributed by atoms with Gasteiger partial charge < -0.3 is 0 Å². The van der Waals surface area contributed by atoms with Crippen molar-refractivity contribution in [2.24, 2.45) is 11.3 Å². The standard InChI is InChI=1S/C13H20O/c1-5-7-11(14)12-10(2)8-6-9-13(12,3)4/h5,8,12H,1,6-7,9H2,2-4H3/t12-/m0/s1. The molecule has 0 saturated carbocycles. The van der Waals surface area contributed by atoms with Crippen molar-refractivity contribution in [3.8, 4) is 0 Å². The van der Waals surface area contributed by atoms with Crippen molar-refractivity contribution in [2.75, 3.05) is 0 Å². The Kier molecular flexibility index (Phi) is 3.30. The van der Waals surface area contributed by atoms with Gasteiger partial charge in [0, 0.05) is 12.3 Å². The van der Waals surface area contributed by atoms with E-state index in [4.69, 9.17) is 0 Å². The number of hydrogen-bond donors (Lipinski definition) is 0. The van der Waals surface area contributed by atoms with E-state index in [1.54, 1.807) is 6.08 Å². The van der Waals surface area contributed by atoms with Gasteiger partial charge in [0.15, 0.2) is 0 Å². The van der Waals surface area contributed by atoms with Crippen LogP contribution in [0.4, 0.5) is 0 Å². The first kappa shape index (κ1) is 11.2. The summed E-state index contributed by atoms with van der Waals surface area (Å²) in [5.74, 6) is 0.424. The Bertz CT molecular complexity index is 271. The van der Waals surface area contributed by atoms with Crippen LogP contribution < -0.4 is 0 Å². The quantitative estimate of drug-likeness (QED) is 0.625. The Morgan fingerprint density at radius 2 is 2.36 bits per heavy atom. The molecule has 0 radical (unpaired) electrons. The Morgan fingerprint density at radius 1 is 1.71 bits per heavy atom. The Morgan fingerprint density at radius 3 is 2.86 bits per heavy atom. The summed E-state index contributed by atoms with van der Waals surface area (Å²) in [7, 11) is 0. The molecule has 1 heteroatoms. The van der Waals surface area contributed by atoms with Gasteiger partial charge in [-0.25, -0.2) is 0 Å². The van der Waals surface area contributed by atoms with Crippen LogP contribution in [-0.2, 0) is 4.79 Å². The molecule has 0 spiro atoms. The molecule has 0 heterocycles. The van der Waals surface area contributed by atoms with Gasteiger partial charge in [0.05, 0.1) is 0 Å². The van der Waals surface area contributed by atoms with Crippen molar-refractivity contribution in [1.82, 2.24) is 0 Å². The van der Waals surface area contributed by atoms with Gasteiger partial charge in [-0.3, -0.25) is 4.79 Å². The SMILES string of the molecule is C=CCC(=O)[C@@H]1C(C)=CCCC1(C)C. The highest BCUT2D eigenvalue weighted by Gasteiger charge is 2.36. The van der Waals surface area contributed by atoms with Crippen LogP contribution in [0.25, 0.3) is 0 Å². The fourth-order valence-electron chi connectivity index (χ4n) is 2.50. The smallest absolute Gasteiger partial charge is 0.144 e. The molecule has 1 aliphatic carbocycles. The summed E-state index contributed by atoms with van der Waals surface area (Å²) in [6, 6.07) is 0. The first-order valence-corrected chi connectivity index (χ1v) is 5.29. The molecule has 0 aromatic carbocycles. The lowest BCUT2D eigenvalue weighted by Crippen LogP contribution is -2.33. The van der Waals surface area contributed by atoms with Crippen molar-refractivity contribution in [1.29, 1.82) is 0 Å². The predicted octanol–water partition coefficient (Wildman–Crippen LogP) is 3.51. The zero-order chi connectivity index (χ0) is 10.8. The lowest BCUT2D eigenvalue weighted by Gasteiger charge is -2.37. The zero-order valence-electron chi connectivity index (χ0n) is 9.47. The highest BCUT2D eigenvalue weighted by molar-refractivity contribution is 5.85. The normalized spacial score (nSPS) is 25.4. The molecule has 0 unspecified atom stereocenters. The molecule has 78 valence electrons. The Labute approximate surface area is 86.9 Å². The van der Waals surface area contributed by atoms with E-state index in [1.807, 2.05) is 0 Å². The van der Waals surface area contributed by atoms with E-state index in [0.29, 0.717) is 12.2 Å². The van der Waals surface area contributed by atoms with Gasteiger partial charge in [0.25, 0.3) is 0 Å². The van der Waals surface area contributed by atoms with Gasteiger partial charge in [0.2, 0.25) is 0 Å². The van der Waals surface area contributed by atoms with Crippen LogP contribution in [0.15, 0.2) is 24.3 Å². The van der Waals surface area contributed by atoms with E-state index >= 15 is 0 Å². The molecular weight excluding hydrogens is 172 g/mol. The third-order valence-electron chi connectivity index (χ3n) is 3.16. The Hall–Kier alpha value is -0.850. The van der Waals surface area contributed by atoms with Gasteiger partial charge in [-0.15, -0.1) is 6.58 Å². The van der Waals surface area contributed by atoms with Gasteiger partial charge in [-0.2, -0.15) is 0 Å². The minimum Gasteiger partial charge on any atom is -0.299 e. The molecule has 0 aliphatic heterocycles. The van der Waals surface area contributed by atoms with Crippen LogP contribution in [0, 0.1) is 11.3 Å². The van der Waals surface area contributed by atoms with Crippen LogP contribution in [0.5, 0.6) is 0 Å². The summed E-state index contributed by atoms with van der Waals surface area (Å²) in [6.07, 6.45) is 6.63. The molecule has 0 amide bonds. The lowest BCUT2D eigenvalue weighted by atomic mass is 9.66. The van der Waals surface area contributed by atoms with Crippen LogP contribution in [-0.4, -0.2) is 5.78 Å². The molecule has 0 aromatic heterocycles.